The molecule has 2 N–H and O–H groups in total. The standard InChI is InChI=1S/C12H12BClF2N2O3/c1-21-5-4-18-6-8(12(14)17-18)7-2-3-9(13(19)20)11(16)10(7)15/h2-3,6,19-20H,4-5H2,1H3. The van der Waals surface area contributed by atoms with Gasteiger partial charge in [0, 0.05) is 29.9 Å². The number of methoxy groups -OCH3 is 1. The predicted octanol–water partition coefficient (Wildman–Crippen LogP) is 0.808. The molecule has 112 valence electrons. The molecule has 9 heteroatoms. The molecule has 5 nitrogen and oxygen atoms in total. The van der Waals surface area contributed by atoms with Crippen molar-refractivity contribution in [3.63, 3.8) is 0 Å². The quantitative estimate of drug-likeness (QED) is 0.801. The third kappa shape index (κ3) is 3.24. The van der Waals surface area contributed by atoms with E-state index in [-0.39, 0.29) is 16.3 Å². The maximum atomic E-state index is 14.0. The van der Waals surface area contributed by atoms with Crippen LogP contribution in [0, 0.1) is 11.6 Å². The number of benzene rings is 1. The SMILES string of the molecule is COCCn1cc(-c2ccc(B(O)O)c(F)c2F)c(Cl)n1. The van der Waals surface area contributed by atoms with E-state index in [1.807, 2.05) is 0 Å². The van der Waals surface area contributed by atoms with E-state index in [0.717, 1.165) is 6.07 Å². The zero-order valence-electron chi connectivity index (χ0n) is 11.1. The van der Waals surface area contributed by atoms with Gasteiger partial charge in [0.2, 0.25) is 0 Å². The summed E-state index contributed by atoms with van der Waals surface area (Å²) in [6, 6.07) is 2.30. The lowest BCUT2D eigenvalue weighted by atomic mass is 9.79. The number of aromatic nitrogens is 2. The second-order valence-electron chi connectivity index (χ2n) is 4.29. The number of halogens is 3. The summed E-state index contributed by atoms with van der Waals surface area (Å²) in [6.07, 6.45) is 1.47. The lowest BCUT2D eigenvalue weighted by Crippen LogP contribution is -2.33. The second-order valence-corrected chi connectivity index (χ2v) is 4.65. The Morgan fingerprint density at radius 2 is 2.00 bits per heavy atom. The van der Waals surface area contributed by atoms with Crippen molar-refractivity contribution in [3.8, 4) is 11.1 Å². The Balaban J connectivity index is 2.43. The molecule has 2 aromatic rings. The van der Waals surface area contributed by atoms with Gasteiger partial charge in [-0.1, -0.05) is 23.7 Å². The average Bonchev–Trinajstić information content (AvgIpc) is 2.80. The zero-order valence-corrected chi connectivity index (χ0v) is 11.8. The molecule has 0 amide bonds. The fourth-order valence-corrected chi connectivity index (χ4v) is 2.10. The monoisotopic (exact) mass is 316 g/mol. The Hall–Kier alpha value is -1.48. The molecule has 0 aliphatic carbocycles. The average molecular weight is 316 g/mol. The van der Waals surface area contributed by atoms with Crippen molar-refractivity contribution in [2.24, 2.45) is 0 Å². The minimum absolute atomic E-state index is 0.0155. The largest absolute Gasteiger partial charge is 0.491 e. The van der Waals surface area contributed by atoms with Gasteiger partial charge in [0.15, 0.2) is 16.8 Å². The number of nitrogens with zero attached hydrogens (tertiary/aromatic N) is 2. The van der Waals surface area contributed by atoms with Crippen LogP contribution in [0.3, 0.4) is 0 Å². The summed E-state index contributed by atoms with van der Waals surface area (Å²) in [7, 11) is -0.562. The highest BCUT2D eigenvalue weighted by molar-refractivity contribution is 6.58. The summed E-state index contributed by atoms with van der Waals surface area (Å²) in [5.41, 5.74) is -0.437. The molecule has 0 aliphatic heterocycles. The van der Waals surface area contributed by atoms with Crippen LogP contribution in [0.4, 0.5) is 8.78 Å². The second kappa shape index (κ2) is 6.53. The van der Waals surface area contributed by atoms with Gasteiger partial charge in [-0.05, 0) is 0 Å². The normalized spacial score (nSPS) is 11.0. The van der Waals surface area contributed by atoms with Crippen LogP contribution >= 0.6 is 11.6 Å². The first-order valence-corrected chi connectivity index (χ1v) is 6.39. The van der Waals surface area contributed by atoms with Crippen molar-refractivity contribution in [2.45, 2.75) is 6.54 Å². The molecule has 1 aromatic heterocycles. The third-order valence-corrected chi connectivity index (χ3v) is 3.20. The van der Waals surface area contributed by atoms with E-state index in [1.165, 1.54) is 24.1 Å². The molecule has 1 heterocycles. The van der Waals surface area contributed by atoms with Crippen LogP contribution in [-0.2, 0) is 11.3 Å². The fourth-order valence-electron chi connectivity index (χ4n) is 1.85. The van der Waals surface area contributed by atoms with E-state index >= 15 is 0 Å². The molecular formula is C12H12BClF2N2O3. The highest BCUT2D eigenvalue weighted by atomic mass is 35.5. The van der Waals surface area contributed by atoms with Crippen LogP contribution in [0.25, 0.3) is 11.1 Å². The smallest absolute Gasteiger partial charge is 0.423 e. The molecule has 0 saturated carbocycles. The maximum absolute atomic E-state index is 14.0. The highest BCUT2D eigenvalue weighted by Crippen LogP contribution is 2.29. The van der Waals surface area contributed by atoms with Gasteiger partial charge < -0.3 is 14.8 Å². The molecule has 0 saturated heterocycles. The minimum Gasteiger partial charge on any atom is -0.423 e. The molecule has 0 radical (unpaired) electrons. The lowest BCUT2D eigenvalue weighted by molar-refractivity contribution is 0.183. The fraction of sp³-hybridized carbons (Fsp3) is 0.250. The minimum atomic E-state index is -2.09. The first-order chi connectivity index (χ1) is 9.95. The lowest BCUT2D eigenvalue weighted by Gasteiger charge is -2.06. The molecular weight excluding hydrogens is 304 g/mol. The molecule has 0 aliphatic rings. The van der Waals surface area contributed by atoms with Crippen LogP contribution in [0.2, 0.25) is 5.15 Å². The molecule has 0 fully saturated rings. The van der Waals surface area contributed by atoms with Crippen LogP contribution in [0.5, 0.6) is 0 Å². The van der Waals surface area contributed by atoms with Crippen molar-refractivity contribution >= 4 is 24.2 Å². The molecule has 0 bridgehead atoms. The number of hydrogen-bond donors (Lipinski definition) is 2. The first kappa shape index (κ1) is 15.9. The Labute approximate surface area is 124 Å². The van der Waals surface area contributed by atoms with Gasteiger partial charge in [0.25, 0.3) is 0 Å². The summed E-state index contributed by atoms with van der Waals surface area (Å²) in [4.78, 5) is 0. The Bertz CT molecular complexity index is 652. The third-order valence-electron chi connectivity index (χ3n) is 2.92. The van der Waals surface area contributed by atoms with E-state index in [2.05, 4.69) is 5.10 Å². The van der Waals surface area contributed by atoms with Gasteiger partial charge in [0.1, 0.15) is 0 Å². The van der Waals surface area contributed by atoms with Crippen LogP contribution < -0.4 is 5.46 Å². The van der Waals surface area contributed by atoms with Gasteiger partial charge in [-0.3, -0.25) is 4.68 Å². The van der Waals surface area contributed by atoms with Crippen LogP contribution in [-0.4, -0.2) is 40.7 Å². The van der Waals surface area contributed by atoms with Crippen molar-refractivity contribution < 1.29 is 23.6 Å². The summed E-state index contributed by atoms with van der Waals surface area (Å²) < 4.78 is 34.1. The maximum Gasteiger partial charge on any atom is 0.491 e. The Morgan fingerprint density at radius 1 is 1.29 bits per heavy atom. The van der Waals surface area contributed by atoms with E-state index in [4.69, 9.17) is 26.4 Å². The summed E-state index contributed by atoms with van der Waals surface area (Å²) in [6.45, 7) is 0.803. The summed E-state index contributed by atoms with van der Waals surface area (Å²) in [5, 5.41) is 21.9. The summed E-state index contributed by atoms with van der Waals surface area (Å²) >= 11 is 5.92. The van der Waals surface area contributed by atoms with Crippen molar-refractivity contribution in [1.82, 2.24) is 9.78 Å². The van der Waals surface area contributed by atoms with Gasteiger partial charge in [-0.2, -0.15) is 5.10 Å². The van der Waals surface area contributed by atoms with Gasteiger partial charge in [0.05, 0.1) is 13.2 Å². The van der Waals surface area contributed by atoms with E-state index in [0.29, 0.717) is 13.2 Å². The zero-order chi connectivity index (χ0) is 15.6. The van der Waals surface area contributed by atoms with E-state index in [1.54, 1.807) is 0 Å². The summed E-state index contributed by atoms with van der Waals surface area (Å²) in [5.74, 6) is -2.54. The molecule has 21 heavy (non-hydrogen) atoms. The number of ether oxygens (including phenoxy) is 1. The Kier molecular flexibility index (Phi) is 4.94. The van der Waals surface area contributed by atoms with Crippen molar-refractivity contribution in [3.05, 3.63) is 35.1 Å². The molecule has 1 aromatic carbocycles. The Morgan fingerprint density at radius 3 is 2.62 bits per heavy atom. The number of hydrogen-bond acceptors (Lipinski definition) is 4. The molecule has 0 unspecified atom stereocenters. The van der Waals surface area contributed by atoms with Crippen molar-refractivity contribution in [2.75, 3.05) is 13.7 Å². The topological polar surface area (TPSA) is 67.5 Å². The highest BCUT2D eigenvalue weighted by Gasteiger charge is 2.23. The molecule has 2 rings (SSSR count). The number of rotatable bonds is 5. The first-order valence-electron chi connectivity index (χ1n) is 6.02. The molecule has 0 atom stereocenters. The van der Waals surface area contributed by atoms with E-state index < -0.39 is 24.2 Å². The predicted molar refractivity (Wildman–Crippen MR) is 74.3 cm³/mol. The van der Waals surface area contributed by atoms with Crippen LogP contribution in [0.1, 0.15) is 0 Å². The van der Waals surface area contributed by atoms with Crippen LogP contribution in [0.15, 0.2) is 18.3 Å². The van der Waals surface area contributed by atoms with Gasteiger partial charge in [-0.15, -0.1) is 0 Å². The van der Waals surface area contributed by atoms with Gasteiger partial charge >= 0.3 is 7.12 Å². The van der Waals surface area contributed by atoms with Gasteiger partial charge in [-0.25, -0.2) is 8.78 Å². The van der Waals surface area contributed by atoms with Crippen molar-refractivity contribution in [1.29, 1.82) is 0 Å². The van der Waals surface area contributed by atoms with E-state index in [9.17, 15) is 8.78 Å². The molecule has 0 spiro atoms.